The van der Waals surface area contributed by atoms with E-state index in [1.165, 1.54) is 0 Å². The Labute approximate surface area is 83.1 Å². The van der Waals surface area contributed by atoms with Crippen LogP contribution in [0.15, 0.2) is 11.4 Å². The highest BCUT2D eigenvalue weighted by atomic mass is 28.4. The Hall–Kier alpha value is -0.0762. The molecule has 3 nitrogen and oxygen atoms in total. The van der Waals surface area contributed by atoms with E-state index in [0.717, 1.165) is 0 Å². The standard InChI is InChI=1S/C8H19O3Si2/c1-9-13(10-2,11-3)8-7-12(4,5)6/h7-8H,4H2,1-3,5-6H3/q+1/b8-7-. The first-order valence-electron chi connectivity index (χ1n) is 4.10. The quantitative estimate of drug-likeness (QED) is 0.519. The molecule has 0 bridgehead atoms. The largest absolute Gasteiger partial charge is 0.528 e. The summed E-state index contributed by atoms with van der Waals surface area (Å²) >= 11 is 0. The topological polar surface area (TPSA) is 27.7 Å². The van der Waals surface area contributed by atoms with Crippen LogP contribution in [0.4, 0.5) is 0 Å². The van der Waals surface area contributed by atoms with Crippen LogP contribution in [0, 0.1) is 6.55 Å². The molecule has 0 amide bonds. The summed E-state index contributed by atoms with van der Waals surface area (Å²) in [6, 6.07) is 0. The minimum absolute atomic E-state index is 1.45. The third kappa shape index (κ3) is 4.63. The first-order valence-corrected chi connectivity index (χ1v) is 9.19. The molecule has 0 aliphatic heterocycles. The Morgan fingerprint density at radius 3 is 1.54 bits per heavy atom. The lowest BCUT2D eigenvalue weighted by Crippen LogP contribution is -2.41. The molecule has 0 aromatic rings. The summed E-state index contributed by atoms with van der Waals surface area (Å²) in [7, 11) is 0.831. The molecule has 0 saturated carbocycles. The molecule has 0 heterocycles. The van der Waals surface area contributed by atoms with Crippen LogP contribution in [0.2, 0.25) is 13.1 Å². The second-order valence-electron chi connectivity index (χ2n) is 3.54. The van der Waals surface area contributed by atoms with Gasteiger partial charge >= 0.3 is 8.80 Å². The molecule has 0 aliphatic rings. The molecule has 0 rings (SSSR count). The maximum atomic E-state index is 5.23. The SMILES string of the molecule is [CH2+][Si](C)(C)/C=C\[Si](OC)(OC)OC. The van der Waals surface area contributed by atoms with Gasteiger partial charge in [0.15, 0.2) is 0 Å². The van der Waals surface area contributed by atoms with Crippen molar-refractivity contribution in [1.29, 1.82) is 0 Å². The average Bonchev–Trinajstić information content (AvgIpc) is 2.06. The van der Waals surface area contributed by atoms with Crippen LogP contribution in [-0.4, -0.2) is 38.2 Å². The smallest absolute Gasteiger partial charge is 0.374 e. The minimum atomic E-state index is -2.51. The maximum Gasteiger partial charge on any atom is 0.528 e. The molecule has 5 heteroatoms. The Morgan fingerprint density at radius 2 is 1.31 bits per heavy atom. The fraction of sp³-hybridized carbons (Fsp3) is 0.625. The molecule has 0 unspecified atom stereocenters. The zero-order valence-corrected chi connectivity index (χ0v) is 11.1. The fourth-order valence-electron chi connectivity index (χ4n) is 0.782. The van der Waals surface area contributed by atoms with E-state index in [2.05, 4.69) is 25.3 Å². The molecular weight excluding hydrogens is 200 g/mol. The molecule has 0 aromatic heterocycles. The second-order valence-corrected chi connectivity index (χ2v) is 10.6. The third-order valence-corrected chi connectivity index (χ3v) is 5.28. The van der Waals surface area contributed by atoms with Gasteiger partial charge in [-0.1, -0.05) is 5.70 Å². The monoisotopic (exact) mass is 219 g/mol. The van der Waals surface area contributed by atoms with Crippen LogP contribution < -0.4 is 0 Å². The van der Waals surface area contributed by atoms with E-state index in [1.807, 2.05) is 5.70 Å². The van der Waals surface area contributed by atoms with E-state index >= 15 is 0 Å². The predicted octanol–water partition coefficient (Wildman–Crippen LogP) is 1.58. The number of hydrogen-bond donors (Lipinski definition) is 0. The molecule has 0 saturated heterocycles. The van der Waals surface area contributed by atoms with Crippen LogP contribution in [0.25, 0.3) is 0 Å². The van der Waals surface area contributed by atoms with Gasteiger partial charge in [-0.25, -0.2) is 0 Å². The molecule has 13 heavy (non-hydrogen) atoms. The van der Waals surface area contributed by atoms with Crippen molar-refractivity contribution < 1.29 is 13.3 Å². The van der Waals surface area contributed by atoms with E-state index in [4.69, 9.17) is 13.3 Å². The zero-order valence-electron chi connectivity index (χ0n) is 9.09. The normalized spacial score (nSPS) is 13.9. The van der Waals surface area contributed by atoms with Crippen molar-refractivity contribution in [3.05, 3.63) is 17.9 Å². The van der Waals surface area contributed by atoms with Crippen molar-refractivity contribution in [3.8, 4) is 0 Å². The maximum absolute atomic E-state index is 5.23. The summed E-state index contributed by atoms with van der Waals surface area (Å²) in [5.41, 5.74) is 3.99. The van der Waals surface area contributed by atoms with Crippen LogP contribution in [0.1, 0.15) is 0 Å². The second kappa shape index (κ2) is 4.97. The van der Waals surface area contributed by atoms with Crippen LogP contribution >= 0.6 is 0 Å². The van der Waals surface area contributed by atoms with Gasteiger partial charge in [0, 0.05) is 27.9 Å². The van der Waals surface area contributed by atoms with Crippen molar-refractivity contribution in [1.82, 2.24) is 0 Å². The molecule has 0 aliphatic carbocycles. The highest BCUT2D eigenvalue weighted by Gasteiger charge is 2.36. The van der Waals surface area contributed by atoms with Crippen molar-refractivity contribution in [2.45, 2.75) is 13.1 Å². The van der Waals surface area contributed by atoms with Crippen LogP contribution in [0.3, 0.4) is 0 Å². The average molecular weight is 219 g/mol. The predicted molar refractivity (Wildman–Crippen MR) is 58.8 cm³/mol. The Bertz CT molecular complexity index is 162. The molecule has 0 fully saturated rings. The van der Waals surface area contributed by atoms with Crippen molar-refractivity contribution in [2.24, 2.45) is 0 Å². The van der Waals surface area contributed by atoms with E-state index in [0.29, 0.717) is 0 Å². The summed E-state index contributed by atoms with van der Waals surface area (Å²) in [4.78, 5) is 0. The summed E-state index contributed by atoms with van der Waals surface area (Å²) in [5.74, 6) is 0. The molecule has 0 spiro atoms. The highest BCUT2D eigenvalue weighted by molar-refractivity contribution is 6.85. The van der Waals surface area contributed by atoms with Gasteiger partial charge in [-0.15, -0.1) is 0 Å². The van der Waals surface area contributed by atoms with E-state index in [1.54, 1.807) is 21.3 Å². The Balaban J connectivity index is 4.51. The van der Waals surface area contributed by atoms with Gasteiger partial charge in [-0.05, 0) is 18.8 Å². The van der Waals surface area contributed by atoms with Crippen molar-refractivity contribution in [2.75, 3.05) is 21.3 Å². The Morgan fingerprint density at radius 1 is 0.923 bits per heavy atom. The lowest BCUT2D eigenvalue weighted by Gasteiger charge is -2.20. The van der Waals surface area contributed by atoms with Gasteiger partial charge in [-0.2, -0.15) is 0 Å². The van der Waals surface area contributed by atoms with Crippen LogP contribution in [-0.2, 0) is 13.3 Å². The first-order chi connectivity index (χ1) is 5.89. The Kier molecular flexibility index (Phi) is 4.94. The summed E-state index contributed by atoms with van der Waals surface area (Å²) in [6.07, 6.45) is 0. The molecule has 0 aromatic carbocycles. The van der Waals surface area contributed by atoms with E-state index < -0.39 is 16.9 Å². The van der Waals surface area contributed by atoms with Gasteiger partial charge in [0.2, 0.25) is 0 Å². The van der Waals surface area contributed by atoms with Crippen molar-refractivity contribution in [3.63, 3.8) is 0 Å². The molecular formula is C8H19O3Si2+. The first kappa shape index (κ1) is 12.9. The molecule has 0 N–H and O–H groups in total. The van der Waals surface area contributed by atoms with E-state index in [9.17, 15) is 0 Å². The van der Waals surface area contributed by atoms with Gasteiger partial charge < -0.3 is 13.3 Å². The number of hydrogen-bond acceptors (Lipinski definition) is 3. The minimum Gasteiger partial charge on any atom is -0.374 e. The van der Waals surface area contributed by atoms with Crippen molar-refractivity contribution >= 4 is 16.9 Å². The lowest BCUT2D eigenvalue weighted by molar-refractivity contribution is 0.138. The van der Waals surface area contributed by atoms with Gasteiger partial charge in [0.25, 0.3) is 8.07 Å². The highest BCUT2D eigenvalue weighted by Crippen LogP contribution is 2.10. The summed E-state index contributed by atoms with van der Waals surface area (Å²) in [6.45, 7) is 8.37. The molecule has 0 atom stereocenters. The van der Waals surface area contributed by atoms with E-state index in [-0.39, 0.29) is 0 Å². The molecule has 76 valence electrons. The summed E-state index contributed by atoms with van der Waals surface area (Å²) in [5, 5.41) is 0. The van der Waals surface area contributed by atoms with Gasteiger partial charge in [-0.3, -0.25) is 0 Å². The number of rotatable bonds is 5. The van der Waals surface area contributed by atoms with Crippen LogP contribution in [0.5, 0.6) is 0 Å². The van der Waals surface area contributed by atoms with Gasteiger partial charge in [0.1, 0.15) is 0 Å². The molecule has 0 radical (unpaired) electrons. The zero-order chi connectivity index (χ0) is 10.5. The lowest BCUT2D eigenvalue weighted by atomic mass is 11.2. The third-order valence-electron chi connectivity index (χ3n) is 1.59. The summed E-state index contributed by atoms with van der Waals surface area (Å²) < 4.78 is 15.7. The fourth-order valence-corrected chi connectivity index (χ4v) is 4.31. The van der Waals surface area contributed by atoms with Gasteiger partial charge in [0.05, 0.1) is 0 Å².